The minimum absolute atomic E-state index is 0.203. The fourth-order valence-electron chi connectivity index (χ4n) is 3.02. The molecule has 1 aliphatic rings. The molecule has 27 heavy (non-hydrogen) atoms. The van der Waals surface area contributed by atoms with Gasteiger partial charge < -0.3 is 5.32 Å². The number of anilines is 2. The highest BCUT2D eigenvalue weighted by Crippen LogP contribution is 2.29. The van der Waals surface area contributed by atoms with E-state index >= 15 is 0 Å². The zero-order valence-corrected chi connectivity index (χ0v) is 16.7. The Morgan fingerprint density at radius 1 is 1.26 bits per heavy atom. The zero-order chi connectivity index (χ0) is 18.8. The van der Waals surface area contributed by atoms with Crippen molar-refractivity contribution in [2.24, 2.45) is 0 Å². The average Bonchev–Trinajstić information content (AvgIpc) is 3.42. The van der Waals surface area contributed by atoms with E-state index in [9.17, 15) is 4.39 Å². The number of nitrogens with one attached hydrogen (secondary N) is 1. The van der Waals surface area contributed by atoms with Gasteiger partial charge in [0.05, 0.1) is 6.67 Å². The molecule has 0 unspecified atom stereocenters. The van der Waals surface area contributed by atoms with Gasteiger partial charge in [0.15, 0.2) is 3.95 Å². The van der Waals surface area contributed by atoms with Crippen LogP contribution in [0.2, 0.25) is 0 Å². The fraction of sp³-hybridized carbons (Fsp3) is 0.300. The van der Waals surface area contributed by atoms with Crippen LogP contribution in [0.5, 0.6) is 0 Å². The SMILES string of the molecule is Cc1cccc(Nc2nn(CN(Cc3ccc(F)cc3)C3CC3)c(=S)s2)c1. The van der Waals surface area contributed by atoms with Crippen LogP contribution in [0.15, 0.2) is 48.5 Å². The van der Waals surface area contributed by atoms with E-state index in [1.165, 1.54) is 41.9 Å². The van der Waals surface area contributed by atoms with Crippen molar-refractivity contribution in [3.63, 3.8) is 0 Å². The van der Waals surface area contributed by atoms with Gasteiger partial charge in [-0.2, -0.15) is 0 Å². The summed E-state index contributed by atoms with van der Waals surface area (Å²) < 4.78 is 15.8. The molecule has 1 N–H and O–H groups in total. The Kier molecular flexibility index (Phi) is 5.33. The number of aryl methyl sites for hydroxylation is 1. The monoisotopic (exact) mass is 400 g/mol. The molecule has 4 nitrogen and oxygen atoms in total. The summed E-state index contributed by atoms with van der Waals surface area (Å²) in [5.74, 6) is -0.203. The Labute approximate surface area is 167 Å². The second-order valence-corrected chi connectivity index (χ2v) is 8.54. The van der Waals surface area contributed by atoms with Gasteiger partial charge in [0.25, 0.3) is 0 Å². The highest BCUT2D eigenvalue weighted by Gasteiger charge is 2.29. The van der Waals surface area contributed by atoms with Gasteiger partial charge in [-0.05, 0) is 67.4 Å². The molecule has 0 bridgehead atoms. The van der Waals surface area contributed by atoms with E-state index in [1.807, 2.05) is 28.9 Å². The molecule has 1 fully saturated rings. The molecule has 1 heterocycles. The van der Waals surface area contributed by atoms with E-state index in [2.05, 4.69) is 34.4 Å². The van der Waals surface area contributed by atoms with E-state index in [0.717, 1.165) is 26.9 Å². The van der Waals surface area contributed by atoms with Crippen LogP contribution in [0.25, 0.3) is 0 Å². The summed E-state index contributed by atoms with van der Waals surface area (Å²) in [5.41, 5.74) is 3.31. The third-order valence-electron chi connectivity index (χ3n) is 4.55. The number of halogens is 1. The Hall–Kier alpha value is -2.09. The van der Waals surface area contributed by atoms with Crippen LogP contribution in [0.1, 0.15) is 24.0 Å². The molecule has 0 radical (unpaired) electrons. The maximum atomic E-state index is 13.2. The maximum Gasteiger partial charge on any atom is 0.209 e. The molecular weight excluding hydrogens is 379 g/mol. The fourth-order valence-corrected chi connectivity index (χ4v) is 4.04. The van der Waals surface area contributed by atoms with Gasteiger partial charge >= 0.3 is 0 Å². The Balaban J connectivity index is 1.48. The minimum Gasteiger partial charge on any atom is -0.330 e. The molecule has 0 atom stereocenters. The molecule has 0 spiro atoms. The van der Waals surface area contributed by atoms with Gasteiger partial charge in [0.2, 0.25) is 5.13 Å². The Morgan fingerprint density at radius 3 is 2.74 bits per heavy atom. The summed E-state index contributed by atoms with van der Waals surface area (Å²) in [6, 6.07) is 15.4. The molecule has 0 aliphatic heterocycles. The van der Waals surface area contributed by atoms with Crippen LogP contribution in [-0.2, 0) is 13.2 Å². The van der Waals surface area contributed by atoms with Crippen molar-refractivity contribution in [1.29, 1.82) is 0 Å². The number of benzene rings is 2. The lowest BCUT2D eigenvalue weighted by Crippen LogP contribution is -2.28. The van der Waals surface area contributed by atoms with Crippen LogP contribution in [0, 0.1) is 16.7 Å². The van der Waals surface area contributed by atoms with Crippen LogP contribution in [0.4, 0.5) is 15.2 Å². The topological polar surface area (TPSA) is 33.1 Å². The molecule has 0 amide bonds. The van der Waals surface area contributed by atoms with Crippen LogP contribution < -0.4 is 5.32 Å². The van der Waals surface area contributed by atoms with E-state index in [-0.39, 0.29) is 5.82 Å². The molecule has 7 heteroatoms. The molecule has 3 aromatic rings. The molecule has 2 aromatic carbocycles. The Bertz CT molecular complexity index is 976. The van der Waals surface area contributed by atoms with Crippen molar-refractivity contribution < 1.29 is 4.39 Å². The van der Waals surface area contributed by atoms with E-state index < -0.39 is 0 Å². The zero-order valence-electron chi connectivity index (χ0n) is 15.1. The highest BCUT2D eigenvalue weighted by atomic mass is 32.1. The number of hydrogen-bond donors (Lipinski definition) is 1. The first-order chi connectivity index (χ1) is 13.1. The van der Waals surface area contributed by atoms with Crippen molar-refractivity contribution in [2.45, 2.75) is 39.0 Å². The number of hydrogen-bond acceptors (Lipinski definition) is 5. The molecule has 4 rings (SSSR count). The summed E-state index contributed by atoms with van der Waals surface area (Å²) in [4.78, 5) is 2.36. The van der Waals surface area contributed by atoms with Gasteiger partial charge in [-0.3, -0.25) is 4.90 Å². The normalized spacial score (nSPS) is 13.9. The van der Waals surface area contributed by atoms with Crippen molar-refractivity contribution in [3.05, 3.63) is 69.4 Å². The van der Waals surface area contributed by atoms with Gasteiger partial charge in [-0.25, -0.2) is 9.07 Å². The molecule has 140 valence electrons. The van der Waals surface area contributed by atoms with Crippen LogP contribution >= 0.6 is 23.6 Å². The lowest BCUT2D eigenvalue weighted by Gasteiger charge is -2.21. The standard InChI is InChI=1S/C20H21FN4S2/c1-14-3-2-4-17(11-14)22-19-23-25(20(26)27-19)13-24(18-9-10-18)12-15-5-7-16(21)8-6-15/h2-8,11,18H,9-10,12-13H2,1H3,(H,22,23). The lowest BCUT2D eigenvalue weighted by atomic mass is 10.2. The maximum absolute atomic E-state index is 13.2. The third-order valence-corrected chi connectivity index (χ3v) is 5.78. The molecule has 0 saturated heterocycles. The number of aromatic nitrogens is 2. The molecule has 1 saturated carbocycles. The largest absolute Gasteiger partial charge is 0.330 e. The summed E-state index contributed by atoms with van der Waals surface area (Å²) >= 11 is 7.00. The number of rotatable bonds is 7. The predicted octanol–water partition coefficient (Wildman–Crippen LogP) is 5.49. The number of nitrogens with zero attached hydrogens (tertiary/aromatic N) is 3. The molecule has 1 aliphatic carbocycles. The molecular formula is C20H21FN4S2. The first-order valence-electron chi connectivity index (χ1n) is 8.97. The van der Waals surface area contributed by atoms with Gasteiger partial charge in [0, 0.05) is 18.3 Å². The van der Waals surface area contributed by atoms with Crippen molar-refractivity contribution in [2.75, 3.05) is 5.32 Å². The summed E-state index contributed by atoms with van der Waals surface area (Å²) in [5, 5.41) is 8.79. The minimum atomic E-state index is -0.203. The van der Waals surface area contributed by atoms with Gasteiger partial charge in [0.1, 0.15) is 5.82 Å². The average molecular weight is 401 g/mol. The van der Waals surface area contributed by atoms with Crippen molar-refractivity contribution in [1.82, 2.24) is 14.7 Å². The summed E-state index contributed by atoms with van der Waals surface area (Å²) in [6.45, 7) is 3.48. The summed E-state index contributed by atoms with van der Waals surface area (Å²) in [7, 11) is 0. The lowest BCUT2D eigenvalue weighted by molar-refractivity contribution is 0.187. The van der Waals surface area contributed by atoms with Crippen molar-refractivity contribution in [3.8, 4) is 0 Å². The van der Waals surface area contributed by atoms with Crippen LogP contribution in [-0.4, -0.2) is 20.7 Å². The van der Waals surface area contributed by atoms with Gasteiger partial charge in [-0.15, -0.1) is 5.10 Å². The van der Waals surface area contributed by atoms with E-state index in [4.69, 9.17) is 12.2 Å². The van der Waals surface area contributed by atoms with Crippen LogP contribution in [0.3, 0.4) is 0 Å². The Morgan fingerprint density at radius 2 is 2.04 bits per heavy atom. The van der Waals surface area contributed by atoms with Gasteiger partial charge in [-0.1, -0.05) is 35.6 Å². The first-order valence-corrected chi connectivity index (χ1v) is 10.2. The third kappa shape index (κ3) is 4.80. The van der Waals surface area contributed by atoms with Crippen molar-refractivity contribution >= 4 is 34.4 Å². The second-order valence-electron chi connectivity index (χ2n) is 6.91. The second kappa shape index (κ2) is 7.88. The quantitative estimate of drug-likeness (QED) is 0.532. The molecule has 1 aromatic heterocycles. The summed E-state index contributed by atoms with van der Waals surface area (Å²) in [6.07, 6.45) is 2.38. The highest BCUT2D eigenvalue weighted by molar-refractivity contribution is 7.73. The smallest absolute Gasteiger partial charge is 0.209 e. The van der Waals surface area contributed by atoms with E-state index in [0.29, 0.717) is 12.7 Å². The predicted molar refractivity (Wildman–Crippen MR) is 110 cm³/mol. The first kappa shape index (κ1) is 18.3. The van der Waals surface area contributed by atoms with E-state index in [1.54, 1.807) is 0 Å².